The molecule has 0 saturated carbocycles. The van der Waals surface area contributed by atoms with Gasteiger partial charge in [0.05, 0.1) is 18.4 Å². The maximum Gasteiger partial charge on any atom is 0.327 e. The third kappa shape index (κ3) is 7.84. The lowest BCUT2D eigenvalue weighted by Gasteiger charge is -2.14. The monoisotopic (exact) mass is 533 g/mol. The van der Waals surface area contributed by atoms with Gasteiger partial charge in [0.2, 0.25) is 5.95 Å². The van der Waals surface area contributed by atoms with E-state index in [4.69, 9.17) is 10.5 Å². The van der Waals surface area contributed by atoms with E-state index in [0.29, 0.717) is 22.7 Å². The van der Waals surface area contributed by atoms with Crippen molar-refractivity contribution in [1.82, 2.24) is 25.3 Å². The second-order valence-electron chi connectivity index (χ2n) is 7.23. The predicted octanol–water partition coefficient (Wildman–Crippen LogP) is 1.03. The molecule has 3 aromatic rings. The van der Waals surface area contributed by atoms with Gasteiger partial charge in [-0.3, -0.25) is 19.4 Å². The molecule has 36 heavy (non-hydrogen) atoms. The normalized spacial score (nSPS) is 11.6. The average Bonchev–Trinajstić information content (AvgIpc) is 2.84. The third-order valence-corrected chi connectivity index (χ3v) is 6.88. The number of hydrogen-bond donors (Lipinski definition) is 5. The number of ether oxygens (including phenoxy) is 1. The van der Waals surface area contributed by atoms with E-state index in [2.05, 4.69) is 30.6 Å². The van der Waals surface area contributed by atoms with Crippen LogP contribution < -0.4 is 21.9 Å². The molecular weight excluding hydrogens is 510 g/mol. The van der Waals surface area contributed by atoms with Crippen LogP contribution in [0, 0.1) is 0 Å². The van der Waals surface area contributed by atoms with Crippen molar-refractivity contribution in [3.05, 3.63) is 52.1 Å². The number of carbonyl (C=O) groups excluding carboxylic acids is 2. The van der Waals surface area contributed by atoms with Crippen molar-refractivity contribution in [1.29, 1.82) is 0 Å². The quantitative estimate of drug-likeness (QED) is 0.126. The summed E-state index contributed by atoms with van der Waals surface area (Å²) in [4.78, 5) is 61.4. The molecule has 2 heterocycles. The van der Waals surface area contributed by atoms with E-state index in [1.807, 2.05) is 0 Å². The lowest BCUT2D eigenvalue weighted by Crippen LogP contribution is -2.42. The van der Waals surface area contributed by atoms with Gasteiger partial charge in [0.15, 0.2) is 11.2 Å². The van der Waals surface area contributed by atoms with Crippen LogP contribution in [0.3, 0.4) is 0 Å². The second-order valence-corrected chi connectivity index (χ2v) is 9.85. The van der Waals surface area contributed by atoms with Crippen LogP contribution in [0.15, 0.2) is 35.3 Å². The minimum Gasteiger partial charge on any atom is -0.480 e. The highest BCUT2D eigenvalue weighted by Gasteiger charge is 2.21. The maximum atomic E-state index is 12.5. The zero-order valence-corrected chi connectivity index (χ0v) is 20.6. The van der Waals surface area contributed by atoms with Gasteiger partial charge < -0.3 is 26.2 Å². The minimum absolute atomic E-state index is 0.0413. The Morgan fingerprint density at radius 3 is 2.64 bits per heavy atom. The van der Waals surface area contributed by atoms with Crippen LogP contribution >= 0.6 is 21.6 Å². The minimum atomic E-state index is -1.15. The van der Waals surface area contributed by atoms with E-state index < -0.39 is 23.5 Å². The Morgan fingerprint density at radius 2 is 1.94 bits per heavy atom. The topological polar surface area (TPSA) is 202 Å². The van der Waals surface area contributed by atoms with Gasteiger partial charge in [-0.2, -0.15) is 4.98 Å². The van der Waals surface area contributed by atoms with Crippen LogP contribution in [0.4, 0.5) is 11.6 Å². The number of nitrogens with one attached hydrogen (secondary N) is 3. The number of anilines is 2. The fraction of sp³-hybridized carbons (Fsp3) is 0.286. The first-order chi connectivity index (χ1) is 17.2. The molecule has 0 unspecified atom stereocenters. The van der Waals surface area contributed by atoms with Crippen LogP contribution in [0.5, 0.6) is 0 Å². The van der Waals surface area contributed by atoms with E-state index in [1.54, 1.807) is 24.3 Å². The molecule has 2 aromatic heterocycles. The Hall–Kier alpha value is -3.85. The standard InChI is InChI=1S/C21H23N7O6S2/c1-11(29)34-6-7-35-36-10-15(20(32)33)26-18(30)12-2-4-13(5-3-12)23-8-14-9-24-17-16(25-14)19(31)28-21(22)27-17/h2-5,9,15,23H,6-8,10H2,1H3,(H,26,30)(H,32,33)(H3,22,24,27,28,31)/t15-/m0/s1. The highest BCUT2D eigenvalue weighted by molar-refractivity contribution is 8.76. The first-order valence-electron chi connectivity index (χ1n) is 10.5. The molecule has 190 valence electrons. The number of benzene rings is 1. The Labute approximate surface area is 212 Å². The smallest absolute Gasteiger partial charge is 0.327 e. The zero-order chi connectivity index (χ0) is 26.1. The summed E-state index contributed by atoms with van der Waals surface area (Å²) in [6.07, 6.45) is 1.47. The molecule has 0 aliphatic rings. The summed E-state index contributed by atoms with van der Waals surface area (Å²) in [7, 11) is 2.61. The van der Waals surface area contributed by atoms with Gasteiger partial charge in [0.1, 0.15) is 12.6 Å². The molecule has 0 saturated heterocycles. The molecule has 15 heteroatoms. The molecule has 6 N–H and O–H groups in total. The summed E-state index contributed by atoms with van der Waals surface area (Å²) in [6, 6.07) is 5.35. The number of nitrogens with zero attached hydrogens (tertiary/aromatic N) is 3. The molecule has 1 amide bonds. The molecule has 3 rings (SSSR count). The van der Waals surface area contributed by atoms with Crippen molar-refractivity contribution >= 4 is 62.2 Å². The molecule has 1 atom stereocenters. The molecule has 13 nitrogen and oxygen atoms in total. The first-order valence-corrected chi connectivity index (χ1v) is 13.0. The Balaban J connectivity index is 1.51. The lowest BCUT2D eigenvalue weighted by atomic mass is 10.2. The number of amides is 1. The largest absolute Gasteiger partial charge is 0.480 e. The summed E-state index contributed by atoms with van der Waals surface area (Å²) in [5.41, 5.74) is 6.69. The Kier molecular flexibility index (Phi) is 9.46. The number of rotatable bonds is 12. The SMILES string of the molecule is CC(=O)OCCSSC[C@H](NC(=O)c1ccc(NCc2cnc3nc(N)[nH]c(=O)c3n2)cc1)C(=O)O. The van der Waals surface area contributed by atoms with Gasteiger partial charge in [-0.15, -0.1) is 0 Å². The maximum absolute atomic E-state index is 12.5. The number of aromatic amines is 1. The van der Waals surface area contributed by atoms with Crippen molar-refractivity contribution < 1.29 is 24.2 Å². The molecule has 0 radical (unpaired) electrons. The van der Waals surface area contributed by atoms with Gasteiger partial charge >= 0.3 is 11.9 Å². The summed E-state index contributed by atoms with van der Waals surface area (Å²) < 4.78 is 4.81. The number of carboxylic acids is 1. The molecular formula is C21H23N7O6S2. The number of aromatic nitrogens is 4. The number of aliphatic carboxylic acids is 1. The van der Waals surface area contributed by atoms with E-state index in [1.165, 1.54) is 34.7 Å². The van der Waals surface area contributed by atoms with E-state index in [9.17, 15) is 24.3 Å². The zero-order valence-electron chi connectivity index (χ0n) is 19.0. The number of hydrogen-bond acceptors (Lipinski definition) is 12. The molecule has 0 bridgehead atoms. The highest BCUT2D eigenvalue weighted by Crippen LogP contribution is 2.22. The summed E-state index contributed by atoms with van der Waals surface area (Å²) in [5.74, 6) is -1.44. The Bertz CT molecular complexity index is 1300. The number of esters is 1. The number of H-pyrrole nitrogens is 1. The van der Waals surface area contributed by atoms with Crippen molar-refractivity contribution in [3.8, 4) is 0 Å². The van der Waals surface area contributed by atoms with Gasteiger partial charge in [-0.25, -0.2) is 14.8 Å². The number of nitrogen functional groups attached to an aromatic ring is 1. The number of fused-ring (bicyclic) bond motifs is 1. The number of nitrogens with two attached hydrogens (primary N) is 1. The Morgan fingerprint density at radius 1 is 1.19 bits per heavy atom. The van der Waals surface area contributed by atoms with Gasteiger partial charge in [-0.05, 0) is 24.3 Å². The fourth-order valence-corrected chi connectivity index (χ4v) is 4.78. The molecule has 1 aromatic carbocycles. The van der Waals surface area contributed by atoms with E-state index in [0.717, 1.165) is 0 Å². The summed E-state index contributed by atoms with van der Waals surface area (Å²) in [5, 5.41) is 15.0. The average molecular weight is 534 g/mol. The number of carbonyl (C=O) groups is 3. The van der Waals surface area contributed by atoms with E-state index >= 15 is 0 Å². The summed E-state index contributed by atoms with van der Waals surface area (Å²) >= 11 is 0. The molecule has 0 aliphatic carbocycles. The van der Waals surface area contributed by atoms with Crippen LogP contribution in [-0.2, 0) is 20.9 Å². The third-order valence-electron chi connectivity index (χ3n) is 4.50. The number of carboxylic acid groups (broad SMARTS) is 1. The van der Waals surface area contributed by atoms with Crippen LogP contribution in [0.1, 0.15) is 23.0 Å². The van der Waals surface area contributed by atoms with Crippen molar-refractivity contribution in [3.63, 3.8) is 0 Å². The highest BCUT2D eigenvalue weighted by atomic mass is 33.1. The molecule has 0 spiro atoms. The van der Waals surface area contributed by atoms with Crippen LogP contribution in [0.25, 0.3) is 11.2 Å². The molecule has 0 aliphatic heterocycles. The van der Waals surface area contributed by atoms with Gasteiger partial charge in [0, 0.05) is 29.7 Å². The lowest BCUT2D eigenvalue weighted by molar-refractivity contribution is -0.140. The van der Waals surface area contributed by atoms with Crippen molar-refractivity contribution in [2.75, 3.05) is 29.2 Å². The van der Waals surface area contributed by atoms with Crippen LogP contribution in [-0.4, -0.2) is 67.0 Å². The van der Waals surface area contributed by atoms with Crippen molar-refractivity contribution in [2.45, 2.75) is 19.5 Å². The first kappa shape index (κ1) is 26.7. The molecule has 0 fully saturated rings. The second kappa shape index (κ2) is 12.7. The fourth-order valence-electron chi connectivity index (χ4n) is 2.80. The summed E-state index contributed by atoms with van der Waals surface area (Å²) in [6.45, 7) is 1.80. The predicted molar refractivity (Wildman–Crippen MR) is 137 cm³/mol. The van der Waals surface area contributed by atoms with Crippen LogP contribution in [0.2, 0.25) is 0 Å². The van der Waals surface area contributed by atoms with Crippen molar-refractivity contribution in [2.24, 2.45) is 0 Å². The van der Waals surface area contributed by atoms with Gasteiger partial charge in [0.25, 0.3) is 11.5 Å². The van der Waals surface area contributed by atoms with Gasteiger partial charge in [-0.1, -0.05) is 21.6 Å². The van der Waals surface area contributed by atoms with E-state index in [-0.39, 0.29) is 42.0 Å².